The molecule has 2 atom stereocenters. The number of carbonyl (C=O) groups is 2. The number of nitriles is 1. The zero-order chi connectivity index (χ0) is 14.1. The van der Waals surface area contributed by atoms with E-state index in [2.05, 4.69) is 0 Å². The SMILES string of the molecule is CC(C)OC(=O)C(C#N)=C[C@@H]1[C@@H](C(=O)O)C1(C)C. The third-order valence-electron chi connectivity index (χ3n) is 3.21. The lowest BCUT2D eigenvalue weighted by Crippen LogP contribution is -2.13. The number of esters is 1. The summed E-state index contributed by atoms with van der Waals surface area (Å²) in [4.78, 5) is 22.6. The highest BCUT2D eigenvalue weighted by Gasteiger charge is 2.61. The summed E-state index contributed by atoms with van der Waals surface area (Å²) >= 11 is 0. The molecular weight excluding hydrogens is 234 g/mol. The van der Waals surface area contributed by atoms with E-state index in [0.717, 1.165) is 0 Å². The van der Waals surface area contributed by atoms with E-state index < -0.39 is 23.3 Å². The Labute approximate surface area is 106 Å². The van der Waals surface area contributed by atoms with Crippen molar-refractivity contribution in [2.24, 2.45) is 17.3 Å². The molecule has 1 fully saturated rings. The number of hydrogen-bond acceptors (Lipinski definition) is 4. The van der Waals surface area contributed by atoms with E-state index >= 15 is 0 Å². The van der Waals surface area contributed by atoms with Crippen LogP contribution in [-0.4, -0.2) is 23.1 Å². The Kier molecular flexibility index (Phi) is 3.80. The fourth-order valence-corrected chi connectivity index (χ4v) is 2.07. The molecular formula is C13H17NO4. The lowest BCUT2D eigenvalue weighted by atomic mass is 10.1. The second kappa shape index (κ2) is 4.81. The standard InChI is InChI=1S/C13H17NO4/c1-7(2)18-12(17)8(6-14)5-9-10(11(15)16)13(9,3)4/h5,7,9-10H,1-4H3,(H,15,16)/t9-,10+/m1/s1. The summed E-state index contributed by atoms with van der Waals surface area (Å²) in [6.07, 6.45) is 1.11. The van der Waals surface area contributed by atoms with E-state index in [0.29, 0.717) is 0 Å². The van der Waals surface area contributed by atoms with Crippen LogP contribution in [0.4, 0.5) is 0 Å². The van der Waals surface area contributed by atoms with Crippen LogP contribution in [-0.2, 0) is 14.3 Å². The second-order valence-corrected chi connectivity index (χ2v) is 5.31. The smallest absolute Gasteiger partial charge is 0.348 e. The number of aliphatic carboxylic acids is 1. The summed E-state index contributed by atoms with van der Waals surface area (Å²) in [6.45, 7) is 6.98. The Bertz CT molecular complexity index is 442. The van der Waals surface area contributed by atoms with Gasteiger partial charge < -0.3 is 9.84 Å². The molecule has 0 heterocycles. The van der Waals surface area contributed by atoms with Gasteiger partial charge in [0.05, 0.1) is 12.0 Å². The van der Waals surface area contributed by atoms with Gasteiger partial charge in [0.2, 0.25) is 0 Å². The van der Waals surface area contributed by atoms with Gasteiger partial charge in [-0.1, -0.05) is 19.9 Å². The first-order valence-corrected chi connectivity index (χ1v) is 5.77. The zero-order valence-electron chi connectivity index (χ0n) is 10.9. The predicted octanol–water partition coefficient (Wildman–Crippen LogP) is 1.74. The molecule has 0 unspecified atom stereocenters. The fraction of sp³-hybridized carbons (Fsp3) is 0.615. The maximum absolute atomic E-state index is 11.6. The topological polar surface area (TPSA) is 87.4 Å². The molecule has 0 spiro atoms. The van der Waals surface area contributed by atoms with Crippen LogP contribution in [0.2, 0.25) is 0 Å². The molecule has 0 aromatic rings. The van der Waals surface area contributed by atoms with Crippen molar-refractivity contribution in [1.82, 2.24) is 0 Å². The maximum atomic E-state index is 11.6. The summed E-state index contributed by atoms with van der Waals surface area (Å²) in [6, 6.07) is 1.77. The molecule has 1 aliphatic rings. The number of hydrogen-bond donors (Lipinski definition) is 1. The van der Waals surface area contributed by atoms with Crippen LogP contribution in [0, 0.1) is 28.6 Å². The van der Waals surface area contributed by atoms with E-state index in [9.17, 15) is 9.59 Å². The minimum absolute atomic E-state index is 0.120. The molecule has 1 rings (SSSR count). The quantitative estimate of drug-likeness (QED) is 0.467. The van der Waals surface area contributed by atoms with Crippen molar-refractivity contribution in [1.29, 1.82) is 5.26 Å². The summed E-state index contributed by atoms with van der Waals surface area (Å²) in [7, 11) is 0. The molecule has 5 heteroatoms. The highest BCUT2D eigenvalue weighted by Crippen LogP contribution is 2.59. The Morgan fingerprint density at radius 1 is 1.44 bits per heavy atom. The maximum Gasteiger partial charge on any atom is 0.348 e. The summed E-state index contributed by atoms with van der Waals surface area (Å²) in [5.74, 6) is -2.45. The first kappa shape index (κ1) is 14.2. The highest BCUT2D eigenvalue weighted by atomic mass is 16.5. The lowest BCUT2D eigenvalue weighted by Gasteiger charge is -2.06. The number of nitrogens with zero attached hydrogens (tertiary/aromatic N) is 1. The molecule has 0 amide bonds. The number of rotatable bonds is 4. The van der Waals surface area contributed by atoms with Gasteiger partial charge in [-0.05, 0) is 25.2 Å². The van der Waals surface area contributed by atoms with Crippen LogP contribution in [0.1, 0.15) is 27.7 Å². The molecule has 0 radical (unpaired) electrons. The number of carboxylic acids is 1. The molecule has 5 nitrogen and oxygen atoms in total. The normalized spacial score (nSPS) is 25.4. The summed E-state index contributed by atoms with van der Waals surface area (Å²) in [5, 5.41) is 17.9. The first-order chi connectivity index (χ1) is 8.21. The van der Waals surface area contributed by atoms with Crippen LogP contribution < -0.4 is 0 Å². The van der Waals surface area contributed by atoms with Crippen LogP contribution >= 0.6 is 0 Å². The number of ether oxygens (including phenoxy) is 1. The molecule has 1 N–H and O–H groups in total. The Hall–Kier alpha value is -1.83. The van der Waals surface area contributed by atoms with Crippen molar-refractivity contribution in [3.63, 3.8) is 0 Å². The van der Waals surface area contributed by atoms with Crippen molar-refractivity contribution in [3.8, 4) is 6.07 Å². The van der Waals surface area contributed by atoms with Gasteiger partial charge in [0, 0.05) is 0 Å². The molecule has 1 aliphatic carbocycles. The summed E-state index contributed by atoms with van der Waals surface area (Å²) < 4.78 is 4.92. The van der Waals surface area contributed by atoms with Gasteiger partial charge in [-0.3, -0.25) is 4.79 Å². The highest BCUT2D eigenvalue weighted by molar-refractivity contribution is 5.93. The number of allylic oxidation sites excluding steroid dienone is 1. The van der Waals surface area contributed by atoms with Crippen molar-refractivity contribution >= 4 is 11.9 Å². The third-order valence-corrected chi connectivity index (χ3v) is 3.21. The van der Waals surface area contributed by atoms with Crippen LogP contribution in [0.15, 0.2) is 11.6 Å². The van der Waals surface area contributed by atoms with Gasteiger partial charge >= 0.3 is 11.9 Å². The van der Waals surface area contributed by atoms with E-state index in [1.807, 2.05) is 0 Å². The van der Waals surface area contributed by atoms with E-state index in [-0.39, 0.29) is 17.6 Å². The van der Waals surface area contributed by atoms with Gasteiger partial charge in [-0.25, -0.2) is 4.79 Å². The van der Waals surface area contributed by atoms with E-state index in [1.54, 1.807) is 33.8 Å². The molecule has 0 aliphatic heterocycles. The molecule has 0 bridgehead atoms. The van der Waals surface area contributed by atoms with Gasteiger partial charge in [0.25, 0.3) is 0 Å². The Morgan fingerprint density at radius 3 is 2.33 bits per heavy atom. The molecule has 1 saturated carbocycles. The molecule has 18 heavy (non-hydrogen) atoms. The zero-order valence-corrected chi connectivity index (χ0v) is 10.9. The molecule has 0 saturated heterocycles. The van der Waals surface area contributed by atoms with Crippen molar-refractivity contribution in [2.75, 3.05) is 0 Å². The van der Waals surface area contributed by atoms with Crippen molar-refractivity contribution in [3.05, 3.63) is 11.6 Å². The van der Waals surface area contributed by atoms with Gasteiger partial charge in [-0.15, -0.1) is 0 Å². The number of carbonyl (C=O) groups excluding carboxylic acids is 1. The monoisotopic (exact) mass is 251 g/mol. The molecule has 0 aromatic heterocycles. The second-order valence-electron chi connectivity index (χ2n) is 5.31. The van der Waals surface area contributed by atoms with E-state index in [4.69, 9.17) is 15.1 Å². The third kappa shape index (κ3) is 2.70. The average Bonchev–Trinajstić information content (AvgIpc) is 2.75. The summed E-state index contributed by atoms with van der Waals surface area (Å²) in [5.41, 5.74) is -0.544. The van der Waals surface area contributed by atoms with Crippen LogP contribution in [0.5, 0.6) is 0 Å². The minimum Gasteiger partial charge on any atom is -0.481 e. The predicted molar refractivity (Wildman–Crippen MR) is 63.3 cm³/mol. The van der Waals surface area contributed by atoms with Crippen molar-refractivity contribution in [2.45, 2.75) is 33.8 Å². The average molecular weight is 251 g/mol. The molecule has 0 aromatic carbocycles. The number of carboxylic acid groups (broad SMARTS) is 1. The minimum atomic E-state index is -0.907. The van der Waals surface area contributed by atoms with E-state index in [1.165, 1.54) is 6.08 Å². The Balaban J connectivity index is 2.86. The van der Waals surface area contributed by atoms with Crippen molar-refractivity contribution < 1.29 is 19.4 Å². The molecule has 98 valence electrons. The van der Waals surface area contributed by atoms with Gasteiger partial charge in [0.1, 0.15) is 11.6 Å². The first-order valence-electron chi connectivity index (χ1n) is 5.77. The Morgan fingerprint density at radius 2 is 2.00 bits per heavy atom. The lowest BCUT2D eigenvalue weighted by molar-refractivity contribution is -0.142. The fourth-order valence-electron chi connectivity index (χ4n) is 2.07. The van der Waals surface area contributed by atoms with Crippen LogP contribution in [0.25, 0.3) is 0 Å². The van der Waals surface area contributed by atoms with Gasteiger partial charge in [0.15, 0.2) is 0 Å². The largest absolute Gasteiger partial charge is 0.481 e. The van der Waals surface area contributed by atoms with Crippen LogP contribution in [0.3, 0.4) is 0 Å². The van der Waals surface area contributed by atoms with Gasteiger partial charge in [-0.2, -0.15) is 5.26 Å².